The molecular formula is C21H35N4O3+. The maximum atomic E-state index is 12.2. The van der Waals surface area contributed by atoms with Crippen LogP contribution in [0.5, 0.6) is 0 Å². The van der Waals surface area contributed by atoms with Gasteiger partial charge in [-0.1, -0.05) is 26.0 Å². The highest BCUT2D eigenvalue weighted by molar-refractivity contribution is 6.35. The first kappa shape index (κ1) is 22.2. The van der Waals surface area contributed by atoms with Gasteiger partial charge in [-0.15, -0.1) is 0 Å². The molecule has 0 radical (unpaired) electrons. The molecule has 1 heterocycles. The van der Waals surface area contributed by atoms with Crippen LogP contribution in [0.25, 0.3) is 0 Å². The molecule has 0 spiro atoms. The Kier molecular flexibility index (Phi) is 8.73. The van der Waals surface area contributed by atoms with Gasteiger partial charge in [-0.2, -0.15) is 0 Å². The van der Waals surface area contributed by atoms with Crippen molar-refractivity contribution in [1.82, 2.24) is 10.6 Å². The topological polar surface area (TPSA) is 75.1 Å². The Hall–Kier alpha value is -2.12. The molecule has 1 aliphatic heterocycles. The van der Waals surface area contributed by atoms with Crippen LogP contribution in [-0.4, -0.2) is 65.3 Å². The molecule has 1 fully saturated rings. The standard InChI is InChI=1S/C21H34N4O3/c1-16(2)9-10-22-20(26)21(27)23-15-19(25-11-13-28-14-12-25)17-5-7-18(8-6-17)24(3)4/h5-8,16,19H,9-15H2,1-4H3,(H,22,26)(H,23,27)/p+1/t19-/m1/s1. The number of carbonyl (C=O) groups excluding carboxylic acids is 2. The molecule has 156 valence electrons. The number of amides is 2. The lowest BCUT2D eigenvalue weighted by Crippen LogP contribution is -3.15. The van der Waals surface area contributed by atoms with Crippen LogP contribution in [0.15, 0.2) is 24.3 Å². The Morgan fingerprint density at radius 2 is 1.68 bits per heavy atom. The molecule has 1 saturated heterocycles. The lowest BCUT2D eigenvalue weighted by molar-refractivity contribution is -0.937. The number of quaternary nitrogens is 1. The van der Waals surface area contributed by atoms with Gasteiger partial charge < -0.3 is 25.2 Å². The van der Waals surface area contributed by atoms with Crippen molar-refractivity contribution in [3.63, 3.8) is 0 Å². The summed E-state index contributed by atoms with van der Waals surface area (Å²) in [5.74, 6) is -0.631. The minimum Gasteiger partial charge on any atom is -0.378 e. The maximum Gasteiger partial charge on any atom is 0.309 e. The third kappa shape index (κ3) is 6.80. The second-order valence-electron chi connectivity index (χ2n) is 7.96. The number of hydrogen-bond donors (Lipinski definition) is 3. The molecule has 28 heavy (non-hydrogen) atoms. The van der Waals surface area contributed by atoms with E-state index in [0.717, 1.165) is 30.8 Å². The van der Waals surface area contributed by atoms with Crippen molar-refractivity contribution in [1.29, 1.82) is 0 Å². The zero-order valence-electron chi connectivity index (χ0n) is 17.6. The number of carbonyl (C=O) groups is 2. The summed E-state index contributed by atoms with van der Waals surface area (Å²) in [7, 11) is 4.02. The van der Waals surface area contributed by atoms with E-state index in [9.17, 15) is 9.59 Å². The molecule has 1 aromatic carbocycles. The van der Waals surface area contributed by atoms with Crippen LogP contribution >= 0.6 is 0 Å². The van der Waals surface area contributed by atoms with E-state index in [2.05, 4.69) is 53.6 Å². The van der Waals surface area contributed by atoms with Crippen LogP contribution in [0.1, 0.15) is 31.9 Å². The lowest BCUT2D eigenvalue weighted by Gasteiger charge is -2.32. The molecule has 2 rings (SSSR count). The van der Waals surface area contributed by atoms with E-state index < -0.39 is 11.8 Å². The van der Waals surface area contributed by atoms with Crippen molar-refractivity contribution in [2.24, 2.45) is 5.92 Å². The number of hydrogen-bond acceptors (Lipinski definition) is 4. The lowest BCUT2D eigenvalue weighted by atomic mass is 10.0. The molecule has 1 atom stereocenters. The first-order chi connectivity index (χ1) is 13.4. The number of nitrogens with one attached hydrogen (secondary N) is 3. The third-order valence-electron chi connectivity index (χ3n) is 5.12. The van der Waals surface area contributed by atoms with Crippen molar-refractivity contribution in [3.05, 3.63) is 29.8 Å². The van der Waals surface area contributed by atoms with Gasteiger partial charge in [-0.25, -0.2) is 0 Å². The molecule has 2 amide bonds. The van der Waals surface area contributed by atoms with Crippen molar-refractivity contribution >= 4 is 17.5 Å². The van der Waals surface area contributed by atoms with E-state index in [4.69, 9.17) is 4.74 Å². The van der Waals surface area contributed by atoms with Crippen LogP contribution in [0.3, 0.4) is 0 Å². The van der Waals surface area contributed by atoms with E-state index in [1.807, 2.05) is 14.1 Å². The maximum absolute atomic E-state index is 12.2. The van der Waals surface area contributed by atoms with Crippen LogP contribution in [0.2, 0.25) is 0 Å². The van der Waals surface area contributed by atoms with Gasteiger partial charge in [0.05, 0.1) is 19.8 Å². The zero-order valence-corrected chi connectivity index (χ0v) is 17.6. The molecular weight excluding hydrogens is 356 g/mol. The van der Waals surface area contributed by atoms with Gasteiger partial charge in [0.1, 0.15) is 19.1 Å². The summed E-state index contributed by atoms with van der Waals surface area (Å²) in [6, 6.07) is 8.48. The smallest absolute Gasteiger partial charge is 0.309 e. The molecule has 1 aliphatic rings. The van der Waals surface area contributed by atoms with Gasteiger partial charge in [-0.05, 0) is 24.5 Å². The largest absolute Gasteiger partial charge is 0.378 e. The first-order valence-corrected chi connectivity index (χ1v) is 10.1. The fourth-order valence-corrected chi connectivity index (χ4v) is 3.31. The predicted molar refractivity (Wildman–Crippen MR) is 111 cm³/mol. The van der Waals surface area contributed by atoms with Crippen LogP contribution in [-0.2, 0) is 14.3 Å². The second kappa shape index (κ2) is 11.0. The van der Waals surface area contributed by atoms with Crippen LogP contribution in [0.4, 0.5) is 5.69 Å². The average Bonchev–Trinajstić information content (AvgIpc) is 2.68. The SMILES string of the molecule is CC(C)CCNC(=O)C(=O)NC[C@H](c1ccc(N(C)C)cc1)[NH+]1CCOCC1. The Bertz CT molecular complexity index is 625. The van der Waals surface area contributed by atoms with Gasteiger partial charge in [0.25, 0.3) is 0 Å². The van der Waals surface area contributed by atoms with E-state index in [1.165, 1.54) is 4.90 Å². The highest BCUT2D eigenvalue weighted by atomic mass is 16.5. The van der Waals surface area contributed by atoms with Crippen LogP contribution < -0.4 is 20.4 Å². The normalized spacial score (nSPS) is 15.9. The number of anilines is 1. The second-order valence-corrected chi connectivity index (χ2v) is 7.96. The predicted octanol–water partition coefficient (Wildman–Crippen LogP) is -0.0127. The molecule has 0 saturated carbocycles. The molecule has 0 aromatic heterocycles. The zero-order chi connectivity index (χ0) is 20.5. The molecule has 3 N–H and O–H groups in total. The van der Waals surface area contributed by atoms with Gasteiger partial charge in [0, 0.05) is 31.9 Å². The van der Waals surface area contributed by atoms with Crippen molar-refractivity contribution in [3.8, 4) is 0 Å². The summed E-state index contributed by atoms with van der Waals surface area (Å²) in [6.07, 6.45) is 0.859. The number of ether oxygens (including phenoxy) is 1. The molecule has 1 aromatic rings. The summed E-state index contributed by atoms with van der Waals surface area (Å²) in [5, 5.41) is 5.52. The summed E-state index contributed by atoms with van der Waals surface area (Å²) >= 11 is 0. The third-order valence-corrected chi connectivity index (χ3v) is 5.12. The Labute approximate surface area is 168 Å². The first-order valence-electron chi connectivity index (χ1n) is 10.1. The highest BCUT2D eigenvalue weighted by Crippen LogP contribution is 2.16. The summed E-state index contributed by atoms with van der Waals surface area (Å²) in [5.41, 5.74) is 2.29. The van der Waals surface area contributed by atoms with E-state index in [0.29, 0.717) is 32.2 Å². The van der Waals surface area contributed by atoms with E-state index in [-0.39, 0.29) is 6.04 Å². The monoisotopic (exact) mass is 391 g/mol. The Morgan fingerprint density at radius 3 is 2.25 bits per heavy atom. The summed E-state index contributed by atoms with van der Waals surface area (Å²) in [4.78, 5) is 27.7. The number of morpholine rings is 1. The van der Waals surface area contributed by atoms with Crippen LogP contribution in [0, 0.1) is 5.92 Å². The fraction of sp³-hybridized carbons (Fsp3) is 0.619. The molecule has 7 nitrogen and oxygen atoms in total. The summed E-state index contributed by atoms with van der Waals surface area (Å²) < 4.78 is 5.48. The molecule has 0 unspecified atom stereocenters. The minimum atomic E-state index is -0.564. The average molecular weight is 392 g/mol. The van der Waals surface area contributed by atoms with Gasteiger partial charge in [0.15, 0.2) is 0 Å². The van der Waals surface area contributed by atoms with Crippen molar-refractivity contribution < 1.29 is 19.2 Å². The van der Waals surface area contributed by atoms with Gasteiger partial charge >= 0.3 is 11.8 Å². The Balaban J connectivity index is 1.99. The molecule has 0 aliphatic carbocycles. The quantitative estimate of drug-likeness (QED) is 0.545. The van der Waals surface area contributed by atoms with E-state index >= 15 is 0 Å². The highest BCUT2D eigenvalue weighted by Gasteiger charge is 2.27. The van der Waals surface area contributed by atoms with Gasteiger partial charge in [0.2, 0.25) is 0 Å². The summed E-state index contributed by atoms with van der Waals surface area (Å²) in [6.45, 7) is 8.32. The molecule has 7 heteroatoms. The molecule has 0 bridgehead atoms. The Morgan fingerprint density at radius 1 is 1.07 bits per heavy atom. The minimum absolute atomic E-state index is 0.0903. The van der Waals surface area contributed by atoms with E-state index in [1.54, 1.807) is 0 Å². The van der Waals surface area contributed by atoms with Crippen molar-refractivity contribution in [2.75, 3.05) is 58.4 Å². The van der Waals surface area contributed by atoms with Gasteiger partial charge in [-0.3, -0.25) is 9.59 Å². The number of benzene rings is 1. The number of rotatable bonds is 8. The fourth-order valence-electron chi connectivity index (χ4n) is 3.31. The number of nitrogens with zero attached hydrogens (tertiary/aromatic N) is 1. The van der Waals surface area contributed by atoms with Crippen molar-refractivity contribution in [2.45, 2.75) is 26.3 Å².